The largest absolute Gasteiger partial charge is 0.355 e. The summed E-state index contributed by atoms with van der Waals surface area (Å²) in [6, 6.07) is 2.03. The van der Waals surface area contributed by atoms with Gasteiger partial charge in [0.05, 0.1) is 4.92 Å². The molecule has 2 rings (SSSR count). The van der Waals surface area contributed by atoms with Gasteiger partial charge in [-0.1, -0.05) is 0 Å². The number of benzene rings is 1. The molecule has 0 aliphatic rings. The average molecular weight is 311 g/mol. The number of rotatable bonds is 4. The Balaban J connectivity index is 2.46. The fourth-order valence-electron chi connectivity index (χ4n) is 1.45. The van der Waals surface area contributed by atoms with Gasteiger partial charge in [-0.05, 0) is 5.21 Å². The fourth-order valence-corrected chi connectivity index (χ4v) is 1.45. The molecule has 2 N–H and O–H groups in total. The quantitative estimate of drug-likeness (QED) is 0.378. The molecule has 0 atom stereocenters. The van der Waals surface area contributed by atoms with E-state index < -0.39 is 33.7 Å². The van der Waals surface area contributed by atoms with E-state index in [2.05, 4.69) is 25.9 Å². The highest BCUT2D eigenvalue weighted by atomic mass is 19.2. The van der Waals surface area contributed by atoms with Crippen LogP contribution in [0.3, 0.4) is 0 Å². The SMILES string of the molecule is N#CC(=CNc1cc(F)c(F)c(F)c1[N+](=O)[O-])c1nn[nH]n1. The number of H-pyrrole nitrogens is 1. The van der Waals surface area contributed by atoms with Crippen LogP contribution >= 0.6 is 0 Å². The Morgan fingerprint density at radius 1 is 1.45 bits per heavy atom. The summed E-state index contributed by atoms with van der Waals surface area (Å²) in [5, 5.41) is 34.0. The van der Waals surface area contributed by atoms with Crippen LogP contribution < -0.4 is 5.32 Å². The summed E-state index contributed by atoms with van der Waals surface area (Å²) in [6.07, 6.45) is 0.865. The van der Waals surface area contributed by atoms with Crippen molar-refractivity contribution in [2.45, 2.75) is 0 Å². The van der Waals surface area contributed by atoms with Crippen molar-refractivity contribution in [3.8, 4) is 6.07 Å². The van der Waals surface area contributed by atoms with Gasteiger partial charge in [-0.3, -0.25) is 10.1 Å². The lowest BCUT2D eigenvalue weighted by Gasteiger charge is -2.05. The topological polar surface area (TPSA) is 133 Å². The summed E-state index contributed by atoms with van der Waals surface area (Å²) in [6.45, 7) is 0. The summed E-state index contributed by atoms with van der Waals surface area (Å²) < 4.78 is 39.6. The van der Waals surface area contributed by atoms with Crippen molar-refractivity contribution < 1.29 is 18.1 Å². The summed E-state index contributed by atoms with van der Waals surface area (Å²) >= 11 is 0. The Kier molecular flexibility index (Phi) is 3.98. The Labute approximate surface area is 119 Å². The number of nitro benzene ring substituents is 1. The molecule has 9 nitrogen and oxygen atoms in total. The maximum absolute atomic E-state index is 13.4. The van der Waals surface area contributed by atoms with Gasteiger partial charge in [-0.15, -0.1) is 10.2 Å². The molecule has 0 unspecified atom stereocenters. The number of allylic oxidation sites excluding steroid dienone is 1. The zero-order valence-corrected chi connectivity index (χ0v) is 10.3. The molecule has 0 aliphatic heterocycles. The van der Waals surface area contributed by atoms with E-state index in [1.807, 2.05) is 0 Å². The first-order valence-electron chi connectivity index (χ1n) is 5.38. The van der Waals surface area contributed by atoms with Crippen molar-refractivity contribution in [2.24, 2.45) is 0 Å². The summed E-state index contributed by atoms with van der Waals surface area (Å²) in [4.78, 5) is 9.53. The van der Waals surface area contributed by atoms with Gasteiger partial charge in [0.25, 0.3) is 0 Å². The Hall–Kier alpha value is -3.49. The highest BCUT2D eigenvalue weighted by molar-refractivity contribution is 5.75. The molecular weight excluding hydrogens is 307 g/mol. The van der Waals surface area contributed by atoms with E-state index in [4.69, 9.17) is 5.26 Å². The monoisotopic (exact) mass is 311 g/mol. The first-order chi connectivity index (χ1) is 10.5. The van der Waals surface area contributed by atoms with Crippen LogP contribution in [0.2, 0.25) is 0 Å². The molecule has 0 radical (unpaired) electrons. The van der Waals surface area contributed by atoms with Crippen LogP contribution in [0.25, 0.3) is 5.57 Å². The maximum Gasteiger partial charge on any atom is 0.331 e. The standard InChI is InChI=1S/C10H4F3N7O2/c11-5-1-6(9(20(21)22)8(13)7(5)12)15-3-4(2-14)10-16-18-19-17-10/h1,3,15H,(H,16,17,18,19). The highest BCUT2D eigenvalue weighted by Crippen LogP contribution is 2.31. The minimum Gasteiger partial charge on any atom is -0.355 e. The number of nitrogens with zero attached hydrogens (tertiary/aromatic N) is 5. The molecular formula is C10H4F3N7O2. The minimum absolute atomic E-state index is 0.152. The average Bonchev–Trinajstić information content (AvgIpc) is 2.99. The predicted octanol–water partition coefficient (Wildman–Crippen LogP) is 1.50. The smallest absolute Gasteiger partial charge is 0.331 e. The van der Waals surface area contributed by atoms with E-state index in [-0.39, 0.29) is 11.4 Å². The van der Waals surface area contributed by atoms with Crippen LogP contribution in [0.15, 0.2) is 12.3 Å². The lowest BCUT2D eigenvalue weighted by molar-refractivity contribution is -0.386. The van der Waals surface area contributed by atoms with Gasteiger partial charge >= 0.3 is 5.69 Å². The second-order valence-corrected chi connectivity index (χ2v) is 3.69. The summed E-state index contributed by atoms with van der Waals surface area (Å²) in [5.74, 6) is -5.71. The van der Waals surface area contributed by atoms with Gasteiger partial charge in [0, 0.05) is 12.3 Å². The number of tetrazole rings is 1. The molecule has 0 saturated carbocycles. The first-order valence-corrected chi connectivity index (χ1v) is 5.38. The van der Waals surface area contributed by atoms with Gasteiger partial charge in [0.2, 0.25) is 17.5 Å². The number of aromatic nitrogens is 4. The van der Waals surface area contributed by atoms with Crippen LogP contribution in [0.4, 0.5) is 24.5 Å². The first kappa shape index (κ1) is 14.9. The number of nitrogens with one attached hydrogen (secondary N) is 2. The van der Waals surface area contributed by atoms with Crippen LogP contribution in [0.1, 0.15) is 5.82 Å². The molecule has 12 heteroatoms. The van der Waals surface area contributed by atoms with Crippen molar-refractivity contribution in [1.82, 2.24) is 20.6 Å². The molecule has 0 spiro atoms. The Bertz CT molecular complexity index is 798. The summed E-state index contributed by atoms with van der Waals surface area (Å²) in [7, 11) is 0. The number of nitro groups is 1. The van der Waals surface area contributed by atoms with Crippen LogP contribution in [0.5, 0.6) is 0 Å². The van der Waals surface area contributed by atoms with E-state index in [9.17, 15) is 23.3 Å². The minimum atomic E-state index is -1.97. The molecule has 0 bridgehead atoms. The molecule has 1 aromatic carbocycles. The van der Waals surface area contributed by atoms with Gasteiger partial charge in [-0.25, -0.2) is 8.78 Å². The van der Waals surface area contributed by atoms with Crippen molar-refractivity contribution in [1.29, 1.82) is 5.26 Å². The molecule has 0 fully saturated rings. The predicted molar refractivity (Wildman–Crippen MR) is 64.4 cm³/mol. The van der Waals surface area contributed by atoms with Crippen molar-refractivity contribution >= 4 is 16.9 Å². The van der Waals surface area contributed by atoms with Crippen LogP contribution in [-0.4, -0.2) is 25.5 Å². The molecule has 0 amide bonds. The van der Waals surface area contributed by atoms with E-state index in [0.29, 0.717) is 6.07 Å². The third kappa shape index (κ3) is 2.68. The number of aromatic amines is 1. The Morgan fingerprint density at radius 2 is 2.18 bits per heavy atom. The third-order valence-corrected chi connectivity index (χ3v) is 2.40. The molecule has 112 valence electrons. The zero-order chi connectivity index (χ0) is 16.3. The molecule has 1 heterocycles. The van der Waals surface area contributed by atoms with Gasteiger partial charge in [0.15, 0.2) is 5.82 Å². The Morgan fingerprint density at radius 3 is 2.73 bits per heavy atom. The second-order valence-electron chi connectivity index (χ2n) is 3.69. The van der Waals surface area contributed by atoms with Crippen molar-refractivity contribution in [3.63, 3.8) is 0 Å². The molecule has 1 aromatic heterocycles. The maximum atomic E-state index is 13.4. The van der Waals surface area contributed by atoms with Crippen LogP contribution in [0, 0.1) is 38.9 Å². The second kappa shape index (κ2) is 5.87. The number of hydrogen-bond acceptors (Lipinski definition) is 7. The van der Waals surface area contributed by atoms with Gasteiger partial charge in [-0.2, -0.15) is 14.9 Å². The van der Waals surface area contributed by atoms with Crippen molar-refractivity contribution in [3.05, 3.63) is 45.7 Å². The van der Waals surface area contributed by atoms with E-state index in [1.165, 1.54) is 0 Å². The number of nitriles is 1. The number of anilines is 1. The third-order valence-electron chi connectivity index (χ3n) is 2.40. The van der Waals surface area contributed by atoms with Crippen molar-refractivity contribution in [2.75, 3.05) is 5.32 Å². The summed E-state index contributed by atoms with van der Waals surface area (Å²) in [5.41, 5.74) is -2.22. The fraction of sp³-hybridized carbons (Fsp3) is 0. The van der Waals surface area contributed by atoms with Gasteiger partial charge < -0.3 is 5.32 Å². The lowest BCUT2D eigenvalue weighted by Crippen LogP contribution is -2.04. The zero-order valence-electron chi connectivity index (χ0n) is 10.3. The lowest BCUT2D eigenvalue weighted by atomic mass is 10.2. The van der Waals surface area contributed by atoms with Gasteiger partial charge in [0.1, 0.15) is 17.3 Å². The van der Waals surface area contributed by atoms with Crippen LogP contribution in [-0.2, 0) is 0 Å². The van der Waals surface area contributed by atoms with E-state index in [0.717, 1.165) is 6.20 Å². The normalized spacial score (nSPS) is 11.1. The molecule has 22 heavy (non-hydrogen) atoms. The molecule has 2 aromatic rings. The molecule has 0 saturated heterocycles. The highest BCUT2D eigenvalue weighted by Gasteiger charge is 2.27. The number of hydrogen-bond donors (Lipinski definition) is 2. The van der Waals surface area contributed by atoms with E-state index in [1.54, 1.807) is 6.07 Å². The number of halogens is 3. The molecule has 0 aliphatic carbocycles. The van der Waals surface area contributed by atoms with E-state index >= 15 is 0 Å².